The van der Waals surface area contributed by atoms with Gasteiger partial charge >= 0.3 is 0 Å². The lowest BCUT2D eigenvalue weighted by Crippen LogP contribution is -2.02. The zero-order valence-corrected chi connectivity index (χ0v) is 13.0. The van der Waals surface area contributed by atoms with Crippen molar-refractivity contribution in [2.24, 2.45) is 0 Å². The van der Waals surface area contributed by atoms with Gasteiger partial charge in [0.05, 0.1) is 5.02 Å². The van der Waals surface area contributed by atoms with Gasteiger partial charge < -0.3 is 0 Å². The van der Waals surface area contributed by atoms with Crippen LogP contribution in [0.3, 0.4) is 0 Å². The molecule has 0 atom stereocenters. The molecule has 1 heterocycles. The molecule has 94 valence electrons. The molecule has 18 heavy (non-hydrogen) atoms. The average Bonchev–Trinajstić information content (AvgIpc) is 2.80. The number of hydrogen-bond donors (Lipinski definition) is 0. The van der Waals surface area contributed by atoms with Crippen molar-refractivity contribution in [2.45, 2.75) is 19.8 Å². The Morgan fingerprint density at radius 2 is 2.00 bits per heavy atom. The lowest BCUT2D eigenvalue weighted by atomic mass is 10.1. The summed E-state index contributed by atoms with van der Waals surface area (Å²) in [5.74, 6) is 0.105. The first-order valence-corrected chi connectivity index (χ1v) is 7.64. The van der Waals surface area contributed by atoms with E-state index < -0.39 is 0 Å². The minimum absolute atomic E-state index is 0.105. The van der Waals surface area contributed by atoms with Crippen molar-refractivity contribution in [1.29, 1.82) is 0 Å². The van der Waals surface area contributed by atoms with Crippen molar-refractivity contribution in [2.75, 3.05) is 0 Å². The lowest BCUT2D eigenvalue weighted by Gasteiger charge is -2.01. The molecule has 1 nitrogen and oxygen atoms in total. The van der Waals surface area contributed by atoms with Crippen LogP contribution in [0.25, 0.3) is 0 Å². The van der Waals surface area contributed by atoms with E-state index >= 15 is 0 Å². The number of carbonyl (C=O) groups is 1. The van der Waals surface area contributed by atoms with Crippen LogP contribution in [0.5, 0.6) is 0 Å². The maximum absolute atomic E-state index is 12.1. The number of hydrogen-bond acceptors (Lipinski definition) is 2. The molecular formula is C14H12BrClOS. The van der Waals surface area contributed by atoms with E-state index in [9.17, 15) is 4.79 Å². The Morgan fingerprint density at radius 1 is 1.28 bits per heavy atom. The molecule has 0 aliphatic carbocycles. The van der Waals surface area contributed by atoms with Crippen molar-refractivity contribution >= 4 is 44.7 Å². The summed E-state index contributed by atoms with van der Waals surface area (Å²) in [4.78, 5) is 14.5. The van der Waals surface area contributed by atoms with Crippen molar-refractivity contribution in [3.63, 3.8) is 0 Å². The fourth-order valence-corrected chi connectivity index (χ4v) is 3.02. The summed E-state index contributed by atoms with van der Waals surface area (Å²) >= 11 is 11.0. The molecule has 0 spiro atoms. The molecule has 0 saturated carbocycles. The van der Waals surface area contributed by atoms with E-state index in [1.807, 2.05) is 12.1 Å². The third kappa shape index (κ3) is 3.22. The van der Waals surface area contributed by atoms with Crippen LogP contribution in [0.15, 0.2) is 34.8 Å². The third-order valence-corrected chi connectivity index (χ3v) is 5.10. The highest BCUT2D eigenvalue weighted by atomic mass is 79.9. The molecular weight excluding hydrogens is 332 g/mol. The average molecular weight is 344 g/mol. The molecule has 1 aromatic heterocycles. The van der Waals surface area contributed by atoms with E-state index in [2.05, 4.69) is 28.9 Å². The Kier molecular flexibility index (Phi) is 4.60. The molecule has 0 radical (unpaired) electrons. The highest BCUT2D eigenvalue weighted by molar-refractivity contribution is 9.10. The van der Waals surface area contributed by atoms with Crippen molar-refractivity contribution < 1.29 is 4.79 Å². The number of thiophene rings is 1. The molecule has 0 aliphatic rings. The predicted molar refractivity (Wildman–Crippen MR) is 80.9 cm³/mol. The van der Waals surface area contributed by atoms with Crippen molar-refractivity contribution in [3.05, 3.63) is 55.1 Å². The summed E-state index contributed by atoms with van der Waals surface area (Å²) in [6, 6.07) is 9.43. The predicted octanol–water partition coefficient (Wildman–Crippen LogP) is 5.15. The molecule has 0 bridgehead atoms. The van der Waals surface area contributed by atoms with Gasteiger partial charge in [-0.05, 0) is 46.6 Å². The maximum Gasteiger partial charge on any atom is 0.168 e. The molecule has 0 N–H and O–H groups in total. The topological polar surface area (TPSA) is 17.1 Å². The van der Waals surface area contributed by atoms with Gasteiger partial charge in [0.2, 0.25) is 0 Å². The minimum Gasteiger partial charge on any atom is -0.294 e. The zero-order valence-electron chi connectivity index (χ0n) is 9.87. The molecule has 2 aromatic rings. The summed E-state index contributed by atoms with van der Waals surface area (Å²) in [5, 5.41) is 0.571. The largest absolute Gasteiger partial charge is 0.294 e. The van der Waals surface area contributed by atoms with E-state index in [4.69, 9.17) is 11.6 Å². The van der Waals surface area contributed by atoms with Crippen LogP contribution < -0.4 is 0 Å². The molecule has 1 aromatic carbocycles. The number of benzene rings is 1. The van der Waals surface area contributed by atoms with Gasteiger partial charge in [-0.3, -0.25) is 4.79 Å². The van der Waals surface area contributed by atoms with Crippen LogP contribution in [0, 0.1) is 0 Å². The first kappa shape index (κ1) is 13.8. The first-order valence-electron chi connectivity index (χ1n) is 5.66. The highest BCUT2D eigenvalue weighted by Crippen LogP contribution is 2.25. The molecule has 4 heteroatoms. The normalized spacial score (nSPS) is 10.6. The van der Waals surface area contributed by atoms with Crippen LogP contribution >= 0.6 is 38.9 Å². The maximum atomic E-state index is 12.1. The monoisotopic (exact) mass is 342 g/mol. The van der Waals surface area contributed by atoms with E-state index in [1.165, 1.54) is 4.88 Å². The fourth-order valence-electron chi connectivity index (χ4n) is 1.64. The Hall–Kier alpha value is -0.640. The summed E-state index contributed by atoms with van der Waals surface area (Å²) in [7, 11) is 0. The van der Waals surface area contributed by atoms with E-state index in [-0.39, 0.29) is 5.78 Å². The molecule has 0 aliphatic heterocycles. The van der Waals surface area contributed by atoms with Gasteiger partial charge in [0, 0.05) is 26.2 Å². The summed E-state index contributed by atoms with van der Waals surface area (Å²) in [6.07, 6.45) is 1.46. The second kappa shape index (κ2) is 6.00. The second-order valence-electron chi connectivity index (χ2n) is 3.95. The van der Waals surface area contributed by atoms with Gasteiger partial charge in [-0.2, -0.15) is 0 Å². The van der Waals surface area contributed by atoms with Gasteiger partial charge in [-0.25, -0.2) is 0 Å². The van der Waals surface area contributed by atoms with Gasteiger partial charge in [0.15, 0.2) is 5.78 Å². The number of Topliss-reactive ketones (excluding diaryl/α,β-unsaturated/α-hetero) is 1. The Balaban J connectivity index is 2.14. The molecule has 0 amide bonds. The van der Waals surface area contributed by atoms with Crippen LogP contribution in [-0.2, 0) is 12.8 Å². The number of ketones is 1. The van der Waals surface area contributed by atoms with Crippen LogP contribution in [0.2, 0.25) is 5.02 Å². The van der Waals surface area contributed by atoms with Crippen LogP contribution in [-0.4, -0.2) is 5.78 Å². The Labute approximate surface area is 124 Å². The van der Waals surface area contributed by atoms with Crippen molar-refractivity contribution in [1.82, 2.24) is 0 Å². The van der Waals surface area contributed by atoms with E-state index in [1.54, 1.807) is 23.5 Å². The molecule has 0 saturated heterocycles. The molecule has 0 unspecified atom stereocenters. The third-order valence-electron chi connectivity index (χ3n) is 2.64. The standard InChI is InChI=1S/C14H12BrClOS/c1-2-10-4-5-11(18-10)8-14(17)9-3-6-12(15)13(16)7-9/h3-7H,2,8H2,1H3. The van der Waals surface area contributed by atoms with Gasteiger partial charge in [-0.1, -0.05) is 24.6 Å². The Bertz CT molecular complexity index is 577. The number of halogens is 2. The number of carbonyl (C=O) groups excluding carboxylic acids is 1. The summed E-state index contributed by atoms with van der Waals surface area (Å²) in [6.45, 7) is 2.12. The fraction of sp³-hybridized carbons (Fsp3) is 0.214. The van der Waals surface area contributed by atoms with E-state index in [0.29, 0.717) is 17.0 Å². The van der Waals surface area contributed by atoms with Crippen LogP contribution in [0.4, 0.5) is 0 Å². The van der Waals surface area contributed by atoms with Crippen molar-refractivity contribution in [3.8, 4) is 0 Å². The molecule has 0 fully saturated rings. The van der Waals surface area contributed by atoms with Gasteiger partial charge in [-0.15, -0.1) is 11.3 Å². The minimum atomic E-state index is 0.105. The first-order chi connectivity index (χ1) is 8.60. The SMILES string of the molecule is CCc1ccc(CC(=O)c2ccc(Br)c(Cl)c2)s1. The highest BCUT2D eigenvalue weighted by Gasteiger charge is 2.10. The lowest BCUT2D eigenvalue weighted by molar-refractivity contribution is 0.0994. The van der Waals surface area contributed by atoms with Gasteiger partial charge in [0.1, 0.15) is 0 Å². The van der Waals surface area contributed by atoms with Gasteiger partial charge in [0.25, 0.3) is 0 Å². The summed E-state index contributed by atoms with van der Waals surface area (Å²) in [5.41, 5.74) is 0.662. The zero-order chi connectivity index (χ0) is 13.1. The number of aryl methyl sites for hydroxylation is 1. The quantitative estimate of drug-likeness (QED) is 0.701. The van der Waals surface area contributed by atoms with Crippen LogP contribution in [0.1, 0.15) is 27.0 Å². The smallest absolute Gasteiger partial charge is 0.168 e. The van der Waals surface area contributed by atoms with E-state index in [0.717, 1.165) is 15.8 Å². The summed E-state index contributed by atoms with van der Waals surface area (Å²) < 4.78 is 0.810. The Morgan fingerprint density at radius 3 is 2.61 bits per heavy atom. The second-order valence-corrected chi connectivity index (χ2v) is 6.46. The molecule has 2 rings (SSSR count). The number of rotatable bonds is 4.